The second-order valence-corrected chi connectivity index (χ2v) is 16.9. The molecule has 62 heavy (non-hydrogen) atoms. The minimum atomic E-state index is -5.44. The Labute approximate surface area is 461 Å². The molecule has 0 aliphatic carbocycles. The predicted molar refractivity (Wildman–Crippen MR) is 178 cm³/mol. The number of nitrogens with zero attached hydrogens (tertiary/aromatic N) is 4. The molecule has 6 rings (SSSR count). The van der Waals surface area contributed by atoms with Gasteiger partial charge in [0.25, 0.3) is 0 Å². The molecule has 308 valence electrons. The summed E-state index contributed by atoms with van der Waals surface area (Å²) in [7, 11) is -20.9. The molecule has 0 saturated carbocycles. The Morgan fingerprint density at radius 1 is 0.387 bits per heavy atom. The van der Waals surface area contributed by atoms with Crippen LogP contribution in [0, 0.1) is 0 Å². The monoisotopic (exact) mass is 1060 g/mol. The van der Waals surface area contributed by atoms with Crippen LogP contribution in [0.1, 0.15) is 0 Å². The minimum absolute atomic E-state index is 0. The molecule has 0 atom stereocenters. The Morgan fingerprint density at radius 3 is 0.984 bits per heavy atom. The first-order valence-corrected chi connectivity index (χ1v) is 20.4. The van der Waals surface area contributed by atoms with Gasteiger partial charge in [0.15, 0.2) is 0 Å². The van der Waals surface area contributed by atoms with Crippen LogP contribution in [0.5, 0.6) is 23.0 Å². The zero-order valence-electron chi connectivity index (χ0n) is 31.6. The van der Waals surface area contributed by atoms with Crippen LogP contribution < -0.4 is 139 Å². The average molecular weight is 1060 g/mol. The van der Waals surface area contributed by atoms with Crippen LogP contribution in [0.4, 0.5) is 22.7 Å². The van der Waals surface area contributed by atoms with Crippen molar-refractivity contribution in [3.63, 3.8) is 0 Å². The summed E-state index contributed by atoms with van der Waals surface area (Å²) in [5, 5.41) is 64.8. The molecule has 20 nitrogen and oxygen atoms in total. The van der Waals surface area contributed by atoms with Gasteiger partial charge in [-0.25, -0.2) is 33.7 Å². The number of fused-ring (bicyclic) bond motifs is 2. The molecule has 0 N–H and O–H groups in total. The molecule has 0 bridgehead atoms. The average Bonchev–Trinajstić information content (AvgIpc) is 3.09. The van der Waals surface area contributed by atoms with E-state index in [1.165, 1.54) is 12.1 Å². The Morgan fingerprint density at radius 2 is 0.710 bits per heavy atom. The summed E-state index contributed by atoms with van der Waals surface area (Å²) in [4.78, 5) is -4.04. The van der Waals surface area contributed by atoms with Gasteiger partial charge in [-0.1, -0.05) is 59.4 Å². The van der Waals surface area contributed by atoms with E-state index in [2.05, 4.69) is 20.5 Å². The van der Waals surface area contributed by atoms with Gasteiger partial charge in [-0.05, 0) is 81.2 Å². The van der Waals surface area contributed by atoms with E-state index in [1.54, 1.807) is 0 Å². The molecular formula is C32H14Cu2N4Na4O16S4. The predicted octanol–water partition coefficient (Wildman–Crippen LogP) is -9.59. The molecule has 0 heterocycles. The van der Waals surface area contributed by atoms with Crippen LogP contribution in [-0.2, 0) is 74.6 Å². The summed E-state index contributed by atoms with van der Waals surface area (Å²) in [5.41, 5.74) is -2.75. The van der Waals surface area contributed by atoms with Crippen LogP contribution in [0.2, 0.25) is 0 Å². The van der Waals surface area contributed by atoms with Gasteiger partial charge >= 0.3 is 152 Å². The molecule has 0 amide bonds. The fraction of sp³-hybridized carbons (Fsp3) is 0. The van der Waals surface area contributed by atoms with Crippen molar-refractivity contribution in [2.45, 2.75) is 19.6 Å². The minimum Gasteiger partial charge on any atom is -0.871 e. The van der Waals surface area contributed by atoms with Crippen molar-refractivity contribution in [1.29, 1.82) is 0 Å². The summed E-state index contributed by atoms with van der Waals surface area (Å²) < 4.78 is 140. The van der Waals surface area contributed by atoms with E-state index >= 15 is 0 Å². The van der Waals surface area contributed by atoms with Gasteiger partial charge in [-0.2, -0.15) is 10.2 Å². The van der Waals surface area contributed by atoms with E-state index in [0.717, 1.165) is 48.5 Å². The van der Waals surface area contributed by atoms with Gasteiger partial charge in [-0.3, -0.25) is 0 Å². The first-order chi connectivity index (χ1) is 25.9. The van der Waals surface area contributed by atoms with Crippen molar-refractivity contribution in [2.24, 2.45) is 20.5 Å². The van der Waals surface area contributed by atoms with Crippen LogP contribution in [0.3, 0.4) is 0 Å². The molecule has 6 aromatic rings. The summed E-state index contributed by atoms with van der Waals surface area (Å²) in [6.45, 7) is 0. The van der Waals surface area contributed by atoms with Crippen LogP contribution >= 0.6 is 0 Å². The number of hydrogen-bond acceptors (Lipinski definition) is 20. The summed E-state index contributed by atoms with van der Waals surface area (Å²) in [6.07, 6.45) is 0. The molecule has 0 fully saturated rings. The third-order valence-electron chi connectivity index (χ3n) is 7.89. The number of hydrogen-bond donors (Lipinski definition) is 0. The molecule has 0 unspecified atom stereocenters. The second-order valence-electron chi connectivity index (χ2n) is 11.5. The first kappa shape index (κ1) is 60.9. The van der Waals surface area contributed by atoms with Gasteiger partial charge in [0.1, 0.15) is 40.5 Å². The standard InChI is InChI=1S/C32H22N4O16S4.2Cu.4Na/c37-25-11-15(1-7-23(25)33-35-29-27(55(47,48)49)13-17-9-19(53(41,42)43)3-5-21(17)31(29)39)16-2-8-24(26(38)12-16)34-36-30-28(56(50,51)52)14-18-10-20(54(44,45)46)4-6-22(18)32(30)40;;;;;;/h1-14,37-40H,(H,41,42,43)(H,44,45,46)(H,47,48,49)(H,50,51,52);;;;;;/q;2*+2;4*+1/p-8. The summed E-state index contributed by atoms with van der Waals surface area (Å²) >= 11 is 0. The normalized spacial score (nSPS) is 11.7. The van der Waals surface area contributed by atoms with E-state index in [1.807, 2.05) is 0 Å². The molecular weight excluding hydrogens is 1040 g/mol. The number of azo groups is 2. The molecule has 30 heteroatoms. The zero-order valence-corrected chi connectivity index (χ0v) is 44.8. The van der Waals surface area contributed by atoms with Crippen LogP contribution in [0.15, 0.2) is 125 Å². The first-order valence-electron chi connectivity index (χ1n) is 14.8. The Balaban J connectivity index is 0.00000620. The van der Waals surface area contributed by atoms with Gasteiger partial charge in [0.05, 0.1) is 42.3 Å². The third-order valence-corrected chi connectivity index (χ3v) is 11.3. The number of rotatable bonds is 9. The number of benzene rings is 6. The van der Waals surface area contributed by atoms with Gasteiger partial charge < -0.3 is 38.6 Å². The molecule has 0 saturated heterocycles. The Bertz CT molecular complexity index is 3010. The van der Waals surface area contributed by atoms with Crippen molar-refractivity contribution in [2.75, 3.05) is 0 Å². The van der Waals surface area contributed by atoms with Gasteiger partial charge in [-0.15, -0.1) is 10.2 Å². The Hall–Kier alpha value is -1.08. The van der Waals surface area contributed by atoms with Crippen molar-refractivity contribution in [3.05, 3.63) is 84.9 Å². The van der Waals surface area contributed by atoms with E-state index in [-0.39, 0.29) is 185 Å². The molecule has 0 spiro atoms. The van der Waals surface area contributed by atoms with E-state index in [4.69, 9.17) is 0 Å². The fourth-order valence-corrected chi connectivity index (χ4v) is 7.57. The molecule has 0 aromatic heterocycles. The van der Waals surface area contributed by atoms with Crippen LogP contribution in [-0.4, -0.2) is 51.9 Å². The summed E-state index contributed by atoms with van der Waals surface area (Å²) in [5.74, 6) is -4.13. The van der Waals surface area contributed by atoms with Crippen LogP contribution in [0.25, 0.3) is 32.7 Å². The van der Waals surface area contributed by atoms with E-state index < -0.39 is 106 Å². The van der Waals surface area contributed by atoms with Gasteiger partial charge in [0, 0.05) is 0 Å². The summed E-state index contributed by atoms with van der Waals surface area (Å²) in [6, 6.07) is 12.6. The smallest absolute Gasteiger partial charge is 0.871 e. The van der Waals surface area contributed by atoms with Gasteiger partial charge in [0.2, 0.25) is 0 Å². The Kier molecular flexibility index (Phi) is 22.7. The molecule has 0 aliphatic rings. The van der Waals surface area contributed by atoms with Crippen molar-refractivity contribution < 1.29 is 225 Å². The fourth-order valence-electron chi connectivity index (χ4n) is 5.27. The maximum atomic E-state index is 13.1. The molecule has 2 radical (unpaired) electrons. The quantitative estimate of drug-likeness (QED) is 0.0737. The zero-order chi connectivity index (χ0) is 41.1. The maximum absolute atomic E-state index is 13.1. The molecule has 6 aromatic carbocycles. The molecule has 0 aliphatic heterocycles. The van der Waals surface area contributed by atoms with E-state index in [9.17, 15) is 72.3 Å². The maximum Gasteiger partial charge on any atom is 2.00 e. The van der Waals surface area contributed by atoms with Crippen molar-refractivity contribution in [1.82, 2.24) is 0 Å². The van der Waals surface area contributed by atoms with E-state index in [0.29, 0.717) is 24.3 Å². The largest absolute Gasteiger partial charge is 2.00 e. The van der Waals surface area contributed by atoms with Crippen molar-refractivity contribution >= 4 is 84.8 Å². The SMILES string of the molecule is O=S(=O)([O-])c1ccc2c([O-])c(N=Nc3ccc(-c4ccc(N=Nc5c(S(=O)(=O)[O-])cc6cc(S(=O)(=O)[O-])ccc6c5[O-])c([O-])c4)cc3[O-])c(S(=O)(=O)[O-])cc2c1.[Cu+2].[Cu+2].[Na+].[Na+].[Na+].[Na+]. The topological polar surface area (TPSA) is 370 Å². The third kappa shape index (κ3) is 13.5. The van der Waals surface area contributed by atoms with Crippen molar-refractivity contribution in [3.8, 4) is 34.1 Å². The second kappa shape index (κ2) is 23.1.